The van der Waals surface area contributed by atoms with Crippen LogP contribution in [0.15, 0.2) is 22.7 Å². The van der Waals surface area contributed by atoms with Crippen LogP contribution < -0.4 is 15.8 Å². The zero-order chi connectivity index (χ0) is 12.8. The number of anilines is 1. The van der Waals surface area contributed by atoms with Crippen LogP contribution >= 0.6 is 15.9 Å². The van der Waals surface area contributed by atoms with Crippen LogP contribution in [0.3, 0.4) is 0 Å². The molecule has 0 radical (unpaired) electrons. The Morgan fingerprint density at radius 1 is 1.53 bits per heavy atom. The Hall–Kier alpha value is -1.11. The fourth-order valence-corrected chi connectivity index (χ4v) is 1.62. The van der Waals surface area contributed by atoms with Crippen LogP contribution in [0.5, 0.6) is 5.75 Å². The Morgan fingerprint density at radius 2 is 2.24 bits per heavy atom. The predicted molar refractivity (Wildman–Crippen MR) is 69.2 cm³/mol. The molecule has 0 aromatic heterocycles. The van der Waals surface area contributed by atoms with Crippen molar-refractivity contribution in [1.82, 2.24) is 0 Å². The largest absolute Gasteiger partial charge is 0.495 e. The van der Waals surface area contributed by atoms with E-state index in [9.17, 15) is 4.79 Å². The number of hydrogen-bond acceptors (Lipinski definition) is 4. The first-order valence-corrected chi connectivity index (χ1v) is 5.76. The topological polar surface area (TPSA) is 73.6 Å². The molecule has 3 N–H and O–H groups in total. The van der Waals surface area contributed by atoms with E-state index in [0.717, 1.165) is 4.47 Å². The molecule has 0 fully saturated rings. The molecule has 0 bridgehead atoms. The molecular weight excluding hydrogens is 288 g/mol. The van der Waals surface area contributed by atoms with E-state index in [0.29, 0.717) is 11.4 Å². The quantitative estimate of drug-likeness (QED) is 0.861. The molecule has 5 nitrogen and oxygen atoms in total. The number of benzene rings is 1. The summed E-state index contributed by atoms with van der Waals surface area (Å²) in [7, 11) is 3.03. The van der Waals surface area contributed by atoms with Gasteiger partial charge in [0.05, 0.1) is 19.4 Å². The Kier molecular flexibility index (Phi) is 5.40. The van der Waals surface area contributed by atoms with Gasteiger partial charge in [-0.2, -0.15) is 0 Å². The lowest BCUT2D eigenvalue weighted by atomic mass is 10.2. The van der Waals surface area contributed by atoms with Gasteiger partial charge in [-0.15, -0.1) is 0 Å². The Morgan fingerprint density at radius 3 is 2.82 bits per heavy atom. The summed E-state index contributed by atoms with van der Waals surface area (Å²) >= 11 is 3.32. The second-order valence-corrected chi connectivity index (χ2v) is 4.31. The number of ether oxygens (including phenoxy) is 2. The predicted octanol–water partition coefficient (Wildman–Crippen LogP) is 1.37. The zero-order valence-electron chi connectivity index (χ0n) is 9.70. The van der Waals surface area contributed by atoms with E-state index in [-0.39, 0.29) is 12.5 Å². The first kappa shape index (κ1) is 14.0. The minimum Gasteiger partial charge on any atom is -0.495 e. The number of methoxy groups -OCH3 is 2. The molecular formula is C11H15BrN2O3. The summed E-state index contributed by atoms with van der Waals surface area (Å²) in [6.07, 6.45) is 0. The highest BCUT2D eigenvalue weighted by molar-refractivity contribution is 9.10. The van der Waals surface area contributed by atoms with Crippen molar-refractivity contribution in [2.24, 2.45) is 5.73 Å². The van der Waals surface area contributed by atoms with Crippen LogP contribution in [0, 0.1) is 0 Å². The highest BCUT2D eigenvalue weighted by Crippen LogP contribution is 2.27. The van der Waals surface area contributed by atoms with Crippen LogP contribution in [0.2, 0.25) is 0 Å². The molecule has 0 aliphatic carbocycles. The number of halogens is 1. The van der Waals surface area contributed by atoms with Crippen LogP contribution in [-0.4, -0.2) is 32.8 Å². The molecule has 1 amide bonds. The van der Waals surface area contributed by atoms with Crippen molar-refractivity contribution in [3.8, 4) is 5.75 Å². The molecule has 1 aromatic carbocycles. The zero-order valence-corrected chi connectivity index (χ0v) is 11.3. The third-order valence-electron chi connectivity index (χ3n) is 2.10. The number of amides is 1. The first-order valence-electron chi connectivity index (χ1n) is 4.97. The lowest BCUT2D eigenvalue weighted by Crippen LogP contribution is -2.39. The monoisotopic (exact) mass is 302 g/mol. The maximum atomic E-state index is 11.7. The van der Waals surface area contributed by atoms with E-state index >= 15 is 0 Å². The van der Waals surface area contributed by atoms with Gasteiger partial charge in [-0.3, -0.25) is 4.79 Å². The maximum absolute atomic E-state index is 11.7. The molecule has 0 aliphatic rings. The van der Waals surface area contributed by atoms with Crippen LogP contribution in [0.4, 0.5) is 5.69 Å². The van der Waals surface area contributed by atoms with Gasteiger partial charge in [0.15, 0.2) is 0 Å². The van der Waals surface area contributed by atoms with Gasteiger partial charge in [-0.1, -0.05) is 15.9 Å². The summed E-state index contributed by atoms with van der Waals surface area (Å²) in [5.74, 6) is 0.259. The molecule has 0 saturated heterocycles. The number of carbonyl (C=O) groups is 1. The summed E-state index contributed by atoms with van der Waals surface area (Å²) < 4.78 is 10.8. The minimum atomic E-state index is -0.705. The lowest BCUT2D eigenvalue weighted by molar-refractivity contribution is -0.118. The molecule has 0 spiro atoms. The van der Waals surface area contributed by atoms with E-state index in [2.05, 4.69) is 21.2 Å². The second-order valence-electron chi connectivity index (χ2n) is 3.40. The number of carbonyl (C=O) groups excluding carboxylic acids is 1. The molecule has 1 unspecified atom stereocenters. The van der Waals surface area contributed by atoms with Gasteiger partial charge < -0.3 is 20.5 Å². The smallest absolute Gasteiger partial charge is 0.243 e. The number of hydrogen-bond donors (Lipinski definition) is 2. The van der Waals surface area contributed by atoms with Gasteiger partial charge in [0.2, 0.25) is 5.91 Å². The van der Waals surface area contributed by atoms with E-state index in [1.165, 1.54) is 14.2 Å². The van der Waals surface area contributed by atoms with Crippen LogP contribution in [0.1, 0.15) is 0 Å². The summed E-state index contributed by atoms with van der Waals surface area (Å²) in [6.45, 7) is 0.169. The van der Waals surface area contributed by atoms with E-state index in [1.54, 1.807) is 12.1 Å². The molecule has 0 heterocycles. The normalized spacial score (nSPS) is 12.0. The number of nitrogens with one attached hydrogen (secondary N) is 1. The highest BCUT2D eigenvalue weighted by Gasteiger charge is 2.15. The SMILES string of the molecule is COCC(N)C(=O)Nc1cc(Br)ccc1OC. The maximum Gasteiger partial charge on any atom is 0.243 e. The Bertz CT molecular complexity index is 398. The standard InChI is InChI=1S/C11H15BrN2O3/c1-16-6-8(13)11(15)14-9-5-7(12)3-4-10(9)17-2/h3-5,8H,6,13H2,1-2H3,(H,14,15). The van der Waals surface area contributed by atoms with E-state index < -0.39 is 6.04 Å². The summed E-state index contributed by atoms with van der Waals surface area (Å²) in [5.41, 5.74) is 6.18. The van der Waals surface area contributed by atoms with Crippen molar-refractivity contribution in [2.45, 2.75) is 6.04 Å². The summed E-state index contributed by atoms with van der Waals surface area (Å²) in [5, 5.41) is 2.69. The Balaban J connectivity index is 2.79. The average molecular weight is 303 g/mol. The van der Waals surface area contributed by atoms with Gasteiger partial charge in [0, 0.05) is 11.6 Å². The summed E-state index contributed by atoms with van der Waals surface area (Å²) in [4.78, 5) is 11.7. The van der Waals surface area contributed by atoms with Crippen molar-refractivity contribution in [3.05, 3.63) is 22.7 Å². The van der Waals surface area contributed by atoms with Gasteiger partial charge in [0.25, 0.3) is 0 Å². The van der Waals surface area contributed by atoms with E-state index in [1.807, 2.05) is 6.07 Å². The molecule has 1 aromatic rings. The molecule has 6 heteroatoms. The van der Waals surface area contributed by atoms with Gasteiger partial charge in [-0.25, -0.2) is 0 Å². The van der Waals surface area contributed by atoms with Crippen molar-refractivity contribution in [3.63, 3.8) is 0 Å². The lowest BCUT2D eigenvalue weighted by Gasteiger charge is -2.14. The second kappa shape index (κ2) is 6.58. The minimum absolute atomic E-state index is 0.169. The summed E-state index contributed by atoms with van der Waals surface area (Å²) in [6, 6.07) is 4.62. The van der Waals surface area contributed by atoms with Crippen LogP contribution in [-0.2, 0) is 9.53 Å². The average Bonchev–Trinajstić information content (AvgIpc) is 2.29. The molecule has 0 saturated carbocycles. The van der Waals surface area contributed by atoms with Crippen molar-refractivity contribution in [1.29, 1.82) is 0 Å². The van der Waals surface area contributed by atoms with Gasteiger partial charge in [0.1, 0.15) is 11.8 Å². The van der Waals surface area contributed by atoms with Crippen molar-refractivity contribution in [2.75, 3.05) is 26.1 Å². The number of rotatable bonds is 5. The third kappa shape index (κ3) is 3.99. The van der Waals surface area contributed by atoms with Gasteiger partial charge in [-0.05, 0) is 18.2 Å². The van der Waals surface area contributed by atoms with Crippen molar-refractivity contribution < 1.29 is 14.3 Å². The first-order chi connectivity index (χ1) is 8.08. The highest BCUT2D eigenvalue weighted by atomic mass is 79.9. The van der Waals surface area contributed by atoms with Crippen LogP contribution in [0.25, 0.3) is 0 Å². The number of nitrogens with two attached hydrogens (primary N) is 1. The Labute approximate surface area is 108 Å². The fraction of sp³-hybridized carbons (Fsp3) is 0.364. The van der Waals surface area contributed by atoms with E-state index in [4.69, 9.17) is 15.2 Å². The fourth-order valence-electron chi connectivity index (χ4n) is 1.26. The molecule has 94 valence electrons. The van der Waals surface area contributed by atoms with Gasteiger partial charge >= 0.3 is 0 Å². The molecule has 1 rings (SSSR count). The van der Waals surface area contributed by atoms with Crippen molar-refractivity contribution >= 4 is 27.5 Å². The molecule has 0 aliphatic heterocycles. The molecule has 1 atom stereocenters. The molecule has 17 heavy (non-hydrogen) atoms. The third-order valence-corrected chi connectivity index (χ3v) is 2.60.